The van der Waals surface area contributed by atoms with E-state index < -0.39 is 29.3 Å². The predicted molar refractivity (Wildman–Crippen MR) is 147 cm³/mol. The molecule has 0 bridgehead atoms. The Kier molecular flexibility index (Phi) is 7.64. The molecule has 4 aromatic carbocycles. The van der Waals surface area contributed by atoms with E-state index in [9.17, 15) is 0 Å². The van der Waals surface area contributed by atoms with Gasteiger partial charge in [0.1, 0.15) is 11.2 Å². The van der Waals surface area contributed by atoms with Gasteiger partial charge in [0.25, 0.3) is 0 Å². The minimum Gasteiger partial charge on any atom is -0.404 e. The summed E-state index contributed by atoms with van der Waals surface area (Å²) < 4.78 is 14.6. The zero-order valence-corrected chi connectivity index (χ0v) is 22.8. The van der Waals surface area contributed by atoms with Gasteiger partial charge in [-0.1, -0.05) is 121 Å². The van der Waals surface area contributed by atoms with Crippen LogP contribution >= 0.6 is 0 Å². The van der Waals surface area contributed by atoms with Crippen LogP contribution in [-0.4, -0.2) is 18.1 Å². The summed E-state index contributed by atoms with van der Waals surface area (Å²) in [6.45, 7) is 8.98. The van der Waals surface area contributed by atoms with Gasteiger partial charge >= 0.3 is 0 Å². The van der Waals surface area contributed by atoms with Gasteiger partial charge in [0, 0.05) is 0 Å². The van der Waals surface area contributed by atoms with E-state index in [4.69, 9.17) is 8.85 Å². The number of benzene rings is 4. The van der Waals surface area contributed by atoms with Crippen molar-refractivity contribution in [3.05, 3.63) is 144 Å². The van der Waals surface area contributed by atoms with Gasteiger partial charge in [0.05, 0.1) is 0 Å². The average Bonchev–Trinajstić information content (AvgIpc) is 2.88. The third-order valence-corrected chi connectivity index (χ3v) is 7.69. The summed E-state index contributed by atoms with van der Waals surface area (Å²) in [7, 11) is -3.18. The molecule has 0 N–H and O–H groups in total. The van der Waals surface area contributed by atoms with Gasteiger partial charge in [-0.05, 0) is 48.4 Å². The van der Waals surface area contributed by atoms with Gasteiger partial charge in [0.15, 0.2) is 18.1 Å². The Morgan fingerprint density at radius 2 is 0.588 bits per heavy atom. The number of hydrogen-bond acceptors (Lipinski definition) is 2. The molecule has 0 atom stereocenters. The lowest BCUT2D eigenvalue weighted by atomic mass is 9.66. The summed E-state index contributed by atoms with van der Waals surface area (Å²) in [4.78, 5) is 0. The van der Waals surface area contributed by atoms with E-state index >= 15 is 0 Å². The van der Waals surface area contributed by atoms with E-state index in [0.717, 1.165) is 22.3 Å². The third kappa shape index (κ3) is 4.47. The van der Waals surface area contributed by atoms with Crippen LogP contribution in [0.3, 0.4) is 0 Å². The molecule has 0 saturated heterocycles. The largest absolute Gasteiger partial charge is 0.404 e. The molecular formula is C30H34O2Si2. The molecule has 0 amide bonds. The van der Waals surface area contributed by atoms with Crippen LogP contribution in [0.2, 0.25) is 26.2 Å². The van der Waals surface area contributed by atoms with Crippen LogP contribution in [-0.2, 0) is 20.1 Å². The van der Waals surface area contributed by atoms with Crippen LogP contribution in [0.15, 0.2) is 121 Å². The molecule has 2 nitrogen and oxygen atoms in total. The van der Waals surface area contributed by atoms with Crippen LogP contribution in [0.5, 0.6) is 0 Å². The SMILES string of the molecule is C[SiH](C)OC(c1ccccc1)(c1ccccc1)C(O[SiH](C)C)(c1ccccc1)c1ccccc1. The van der Waals surface area contributed by atoms with E-state index in [1.54, 1.807) is 0 Å². The molecule has 34 heavy (non-hydrogen) atoms. The Morgan fingerprint density at radius 3 is 0.765 bits per heavy atom. The summed E-state index contributed by atoms with van der Waals surface area (Å²) in [6.07, 6.45) is 0. The fourth-order valence-corrected chi connectivity index (χ4v) is 7.27. The van der Waals surface area contributed by atoms with Gasteiger partial charge in [0.2, 0.25) is 0 Å². The first-order chi connectivity index (χ1) is 16.5. The topological polar surface area (TPSA) is 18.5 Å². The van der Waals surface area contributed by atoms with E-state index in [1.165, 1.54) is 0 Å². The fourth-order valence-electron chi connectivity index (χ4n) is 4.98. The number of hydrogen-bond donors (Lipinski definition) is 0. The Hall–Kier alpha value is -2.77. The molecule has 4 rings (SSSR count). The maximum atomic E-state index is 7.32. The lowest BCUT2D eigenvalue weighted by Crippen LogP contribution is -2.57. The van der Waals surface area contributed by atoms with Crippen molar-refractivity contribution in [2.45, 2.75) is 37.4 Å². The molecule has 0 spiro atoms. The standard InChI is InChI=1S/C30H34O2Si2/c1-33(2)31-29(25-17-9-5-10-18-25,26-19-11-6-12-20-26)30(32-34(3)4,27-21-13-7-14-22-27)28-23-15-8-16-24-28/h5-24,33-34H,1-4H3. The minimum atomic E-state index is -1.59. The fraction of sp³-hybridized carbons (Fsp3) is 0.200. The lowest BCUT2D eigenvalue weighted by molar-refractivity contribution is -0.0813. The molecule has 0 fully saturated rings. The first-order valence-electron chi connectivity index (χ1n) is 12.1. The predicted octanol–water partition coefficient (Wildman–Crippen LogP) is 6.87. The van der Waals surface area contributed by atoms with Gasteiger partial charge in [-0.3, -0.25) is 0 Å². The van der Waals surface area contributed by atoms with Crippen LogP contribution < -0.4 is 0 Å². The molecule has 4 aromatic rings. The Morgan fingerprint density at radius 1 is 0.382 bits per heavy atom. The van der Waals surface area contributed by atoms with Crippen LogP contribution in [0.1, 0.15) is 22.3 Å². The zero-order chi connectivity index (χ0) is 24.0. The smallest absolute Gasteiger partial charge is 0.172 e. The Labute approximate surface area is 207 Å². The van der Waals surface area contributed by atoms with Crippen molar-refractivity contribution >= 4 is 18.1 Å². The highest BCUT2D eigenvalue weighted by molar-refractivity contribution is 6.49. The monoisotopic (exact) mass is 482 g/mol. The van der Waals surface area contributed by atoms with Gasteiger partial charge in [-0.25, -0.2) is 0 Å². The van der Waals surface area contributed by atoms with Crippen molar-refractivity contribution < 1.29 is 8.85 Å². The lowest BCUT2D eigenvalue weighted by Gasteiger charge is -2.53. The molecule has 4 heteroatoms. The second kappa shape index (κ2) is 10.7. The maximum Gasteiger partial charge on any atom is 0.172 e. The molecule has 0 saturated carbocycles. The van der Waals surface area contributed by atoms with Crippen molar-refractivity contribution in [1.29, 1.82) is 0 Å². The van der Waals surface area contributed by atoms with E-state index in [0.29, 0.717) is 0 Å². The molecule has 0 radical (unpaired) electrons. The van der Waals surface area contributed by atoms with Crippen molar-refractivity contribution in [3.8, 4) is 0 Å². The third-order valence-electron chi connectivity index (χ3n) is 6.04. The molecule has 0 aromatic heterocycles. The Bertz CT molecular complexity index is 974. The van der Waals surface area contributed by atoms with Gasteiger partial charge in [-0.15, -0.1) is 0 Å². The molecule has 0 unspecified atom stereocenters. The van der Waals surface area contributed by atoms with Crippen molar-refractivity contribution in [2.24, 2.45) is 0 Å². The Balaban J connectivity index is 2.23. The number of rotatable bonds is 9. The first-order valence-corrected chi connectivity index (χ1v) is 17.6. The maximum absolute atomic E-state index is 7.32. The summed E-state index contributed by atoms with van der Waals surface area (Å²) in [5.41, 5.74) is 2.68. The summed E-state index contributed by atoms with van der Waals surface area (Å²) in [6, 6.07) is 42.6. The van der Waals surface area contributed by atoms with Crippen LogP contribution in [0.25, 0.3) is 0 Å². The second-order valence-electron chi connectivity index (χ2n) is 9.16. The normalized spacial score (nSPS) is 12.3. The average molecular weight is 483 g/mol. The molecule has 174 valence electrons. The summed E-state index contributed by atoms with van der Waals surface area (Å²) in [5, 5.41) is 0. The highest BCUT2D eigenvalue weighted by Crippen LogP contribution is 2.55. The summed E-state index contributed by atoms with van der Waals surface area (Å²) >= 11 is 0. The van der Waals surface area contributed by atoms with Gasteiger partial charge in [-0.2, -0.15) is 0 Å². The second-order valence-corrected chi connectivity index (χ2v) is 13.8. The van der Waals surface area contributed by atoms with E-state index in [2.05, 4.69) is 148 Å². The molecule has 0 aliphatic rings. The molecule has 0 aliphatic heterocycles. The first kappa shape index (κ1) is 24.4. The highest BCUT2D eigenvalue weighted by atomic mass is 28.3. The molecular weight excluding hydrogens is 449 g/mol. The van der Waals surface area contributed by atoms with Crippen molar-refractivity contribution in [2.75, 3.05) is 0 Å². The van der Waals surface area contributed by atoms with Gasteiger partial charge < -0.3 is 8.85 Å². The van der Waals surface area contributed by atoms with E-state index in [-0.39, 0.29) is 0 Å². The quantitative estimate of drug-likeness (QED) is 0.242. The molecule has 0 aliphatic carbocycles. The minimum absolute atomic E-state index is 0.865. The zero-order valence-electron chi connectivity index (χ0n) is 20.5. The summed E-state index contributed by atoms with van der Waals surface area (Å²) in [5.74, 6) is 0. The van der Waals surface area contributed by atoms with E-state index in [1.807, 2.05) is 0 Å². The molecule has 0 heterocycles. The van der Waals surface area contributed by atoms with Crippen LogP contribution in [0.4, 0.5) is 0 Å². The van der Waals surface area contributed by atoms with Crippen molar-refractivity contribution in [3.63, 3.8) is 0 Å². The highest BCUT2D eigenvalue weighted by Gasteiger charge is 2.58. The van der Waals surface area contributed by atoms with Crippen molar-refractivity contribution in [1.82, 2.24) is 0 Å². The van der Waals surface area contributed by atoms with Crippen LogP contribution in [0, 0.1) is 0 Å².